The molecule has 0 atom stereocenters. The second-order valence-corrected chi connectivity index (χ2v) is 13.8. The highest BCUT2D eigenvalue weighted by Gasteiger charge is 2.29. The zero-order chi connectivity index (χ0) is 45.0. The molecule has 0 heterocycles. The van der Waals surface area contributed by atoms with Crippen molar-refractivity contribution < 1.29 is 76.0 Å². The molecular weight excluding hydrogens is 835 g/mol. The third-order valence-corrected chi connectivity index (χ3v) is 9.26. The topological polar surface area (TPSA) is 183 Å². The van der Waals surface area contributed by atoms with E-state index in [1.807, 2.05) is 24.3 Å². The highest BCUT2D eigenvalue weighted by molar-refractivity contribution is 6.40. The van der Waals surface area contributed by atoms with E-state index >= 15 is 0 Å². The molecule has 0 aromatic heterocycles. The van der Waals surface area contributed by atoms with E-state index < -0.39 is 17.8 Å². The third kappa shape index (κ3) is 22.5. The lowest BCUT2D eigenvalue weighted by atomic mass is 9.98. The molecule has 3 aromatic carbocycles. The molecule has 1 aliphatic carbocycles. The zero-order valence-electron chi connectivity index (χ0n) is 36.8. The first-order valence-corrected chi connectivity index (χ1v) is 21.9. The summed E-state index contributed by atoms with van der Waals surface area (Å²) < 4.78 is 70.7. The van der Waals surface area contributed by atoms with Crippen molar-refractivity contribution in [1.82, 2.24) is 5.32 Å². The predicted molar refractivity (Wildman–Crippen MR) is 234 cm³/mol. The highest BCUT2D eigenvalue weighted by atomic mass is 16.6. The number of amides is 1. The lowest BCUT2D eigenvalue weighted by Crippen LogP contribution is -2.29. The summed E-state index contributed by atoms with van der Waals surface area (Å²) in [5, 5.41) is 2.74. The van der Waals surface area contributed by atoms with E-state index in [4.69, 9.17) is 61.6 Å². The molecule has 0 spiro atoms. The first kappa shape index (κ1) is 52.3. The predicted octanol–water partition coefficient (Wildman–Crippen LogP) is 4.13. The number of benzene rings is 3. The van der Waals surface area contributed by atoms with Crippen LogP contribution in [0.2, 0.25) is 0 Å². The molecule has 0 bridgehead atoms. The van der Waals surface area contributed by atoms with E-state index in [0.717, 1.165) is 0 Å². The second kappa shape index (κ2) is 35.0. The van der Waals surface area contributed by atoms with Gasteiger partial charge in [-0.15, -0.1) is 0 Å². The lowest BCUT2D eigenvalue weighted by molar-refractivity contribution is -0.139. The molecule has 0 fully saturated rings. The highest BCUT2D eigenvalue weighted by Crippen LogP contribution is 2.44. The fourth-order valence-electron chi connectivity index (χ4n) is 6.14. The van der Waals surface area contributed by atoms with Crippen LogP contribution >= 0.6 is 0 Å². The number of ketones is 1. The van der Waals surface area contributed by atoms with Gasteiger partial charge in [-0.25, -0.2) is 9.59 Å². The Hall–Kier alpha value is -4.37. The van der Waals surface area contributed by atoms with E-state index in [1.54, 1.807) is 30.3 Å². The van der Waals surface area contributed by atoms with E-state index in [-0.39, 0.29) is 25.7 Å². The van der Waals surface area contributed by atoms with Crippen molar-refractivity contribution in [2.24, 2.45) is 0 Å². The molecule has 17 nitrogen and oxygen atoms in total. The number of fused-ring (bicyclic) bond motifs is 3. The van der Waals surface area contributed by atoms with Gasteiger partial charge in [0.1, 0.15) is 13.2 Å². The Bertz CT molecular complexity index is 1640. The number of hydrogen-bond acceptors (Lipinski definition) is 16. The second-order valence-electron chi connectivity index (χ2n) is 13.8. The van der Waals surface area contributed by atoms with Crippen molar-refractivity contribution in [3.63, 3.8) is 0 Å². The summed E-state index contributed by atoms with van der Waals surface area (Å²) in [5.41, 5.74) is 5.04. The smallest absolute Gasteiger partial charge is 0.407 e. The molecule has 0 saturated heterocycles. The maximum absolute atomic E-state index is 12.3. The average molecular weight is 900 g/mol. The summed E-state index contributed by atoms with van der Waals surface area (Å²) in [6.45, 7) is 9.98. The maximum atomic E-state index is 12.3. The molecule has 1 aliphatic rings. The molecule has 1 N–H and O–H groups in total. The molecule has 64 heavy (non-hydrogen) atoms. The van der Waals surface area contributed by atoms with Crippen molar-refractivity contribution >= 4 is 17.8 Å². The zero-order valence-corrected chi connectivity index (χ0v) is 36.8. The standard InChI is InChI=1S/C47H65NO16/c49-45(39-8-2-1-3-9-39)46(50)63-37-36-62-35-34-61-33-32-60-31-30-59-29-28-58-27-26-57-25-24-56-23-22-55-21-20-54-19-18-53-17-16-52-15-14-48-47(51)64-38-44-42-12-6-4-10-40(42)41-11-5-7-13-43(41)44/h1-13,44H,14-38H2,(H,48,51). The monoisotopic (exact) mass is 899 g/mol. The molecule has 0 unspecified atom stereocenters. The van der Waals surface area contributed by atoms with Crippen LogP contribution in [0, 0.1) is 0 Å². The number of Topliss-reactive ketones (excluding diaryl/α,β-unsaturated/α-hetero) is 1. The summed E-state index contributed by atoms with van der Waals surface area (Å²) in [7, 11) is 0. The number of hydrogen-bond donors (Lipinski definition) is 1. The maximum Gasteiger partial charge on any atom is 0.407 e. The van der Waals surface area contributed by atoms with Gasteiger partial charge in [0.15, 0.2) is 0 Å². The minimum absolute atomic E-state index is 0.0101. The van der Waals surface area contributed by atoms with E-state index in [0.29, 0.717) is 151 Å². The van der Waals surface area contributed by atoms with Gasteiger partial charge < -0.3 is 66.9 Å². The summed E-state index contributed by atoms with van der Waals surface area (Å²) in [5.74, 6) is -1.55. The quantitative estimate of drug-likeness (QED) is 0.0372. The van der Waals surface area contributed by atoms with Crippen LogP contribution in [0.5, 0.6) is 0 Å². The molecule has 354 valence electrons. The Morgan fingerprint density at radius 3 is 1.09 bits per heavy atom. The van der Waals surface area contributed by atoms with Gasteiger partial charge in [-0.1, -0.05) is 78.9 Å². The molecule has 0 saturated carbocycles. The van der Waals surface area contributed by atoms with Crippen LogP contribution in [0.25, 0.3) is 11.1 Å². The van der Waals surface area contributed by atoms with E-state index in [1.165, 1.54) is 22.3 Å². The summed E-state index contributed by atoms with van der Waals surface area (Å²) in [4.78, 5) is 35.9. The average Bonchev–Trinajstić information content (AvgIpc) is 3.65. The number of carbonyl (C=O) groups excluding carboxylic acids is 3. The van der Waals surface area contributed by atoms with Crippen LogP contribution < -0.4 is 5.32 Å². The lowest BCUT2D eigenvalue weighted by Gasteiger charge is -2.14. The van der Waals surface area contributed by atoms with Gasteiger partial charge >= 0.3 is 12.1 Å². The van der Waals surface area contributed by atoms with Crippen LogP contribution in [-0.4, -0.2) is 183 Å². The van der Waals surface area contributed by atoms with Crippen LogP contribution in [0.15, 0.2) is 78.9 Å². The molecule has 1 amide bonds. The van der Waals surface area contributed by atoms with Gasteiger partial charge in [0.25, 0.3) is 5.78 Å². The van der Waals surface area contributed by atoms with Crippen LogP contribution in [-0.2, 0) is 66.4 Å². The van der Waals surface area contributed by atoms with Crippen LogP contribution in [0.3, 0.4) is 0 Å². The normalized spacial score (nSPS) is 11.9. The first-order valence-electron chi connectivity index (χ1n) is 21.9. The number of ether oxygens (including phenoxy) is 13. The van der Waals surface area contributed by atoms with Gasteiger partial charge in [-0.2, -0.15) is 0 Å². The molecule has 0 radical (unpaired) electrons. The van der Waals surface area contributed by atoms with Crippen molar-refractivity contribution in [2.75, 3.05) is 165 Å². The fourth-order valence-corrected chi connectivity index (χ4v) is 6.14. The Labute approximate surface area is 376 Å². The number of alkyl carbamates (subject to hydrolysis) is 1. The fraction of sp³-hybridized carbons (Fsp3) is 0.553. The van der Waals surface area contributed by atoms with E-state index in [9.17, 15) is 14.4 Å². The van der Waals surface area contributed by atoms with Gasteiger partial charge in [0, 0.05) is 18.0 Å². The molecule has 17 heteroatoms. The van der Waals surface area contributed by atoms with Crippen molar-refractivity contribution in [2.45, 2.75) is 5.92 Å². The Morgan fingerprint density at radius 2 is 0.703 bits per heavy atom. The van der Waals surface area contributed by atoms with Gasteiger partial charge in [0.05, 0.1) is 145 Å². The first-order chi connectivity index (χ1) is 31.6. The molecular formula is C47H65NO16. The summed E-state index contributed by atoms with van der Waals surface area (Å²) in [6.07, 6.45) is -0.460. The van der Waals surface area contributed by atoms with Crippen molar-refractivity contribution in [3.8, 4) is 11.1 Å². The summed E-state index contributed by atoms with van der Waals surface area (Å²) >= 11 is 0. The molecule has 0 aliphatic heterocycles. The van der Waals surface area contributed by atoms with Crippen molar-refractivity contribution in [1.29, 1.82) is 0 Å². The Kier molecular flexibility index (Phi) is 28.5. The minimum atomic E-state index is -0.902. The van der Waals surface area contributed by atoms with Crippen LogP contribution in [0.4, 0.5) is 4.79 Å². The Morgan fingerprint density at radius 1 is 0.375 bits per heavy atom. The van der Waals surface area contributed by atoms with Gasteiger partial charge in [-0.3, -0.25) is 4.79 Å². The number of carbonyl (C=O) groups is 3. The van der Waals surface area contributed by atoms with Crippen LogP contribution in [0.1, 0.15) is 27.4 Å². The van der Waals surface area contributed by atoms with Gasteiger partial charge in [-0.05, 0) is 22.3 Å². The molecule has 3 aromatic rings. The number of esters is 1. The summed E-state index contributed by atoms with van der Waals surface area (Å²) in [6, 6.07) is 24.7. The third-order valence-electron chi connectivity index (χ3n) is 9.26. The van der Waals surface area contributed by atoms with Gasteiger partial charge in [0.2, 0.25) is 0 Å². The Balaban J connectivity index is 0.763. The minimum Gasteiger partial charge on any atom is -0.457 e. The van der Waals surface area contributed by atoms with Crippen molar-refractivity contribution in [3.05, 3.63) is 95.6 Å². The number of rotatable bonds is 40. The molecule has 4 rings (SSSR count). The van der Waals surface area contributed by atoms with E-state index in [2.05, 4.69) is 29.6 Å². The largest absolute Gasteiger partial charge is 0.457 e. The SMILES string of the molecule is O=C(NCCOCCOCCOCCOCCOCCOCCOCCOCCOCCOCCOCCOC(=O)C(=O)c1ccccc1)OCC1c2ccccc2-c2ccccc21. The number of nitrogens with one attached hydrogen (secondary N) is 1.